The smallest absolute Gasteiger partial charge is 0.184 e. The van der Waals surface area contributed by atoms with Gasteiger partial charge in [-0.25, -0.2) is 0 Å². The summed E-state index contributed by atoms with van der Waals surface area (Å²) >= 11 is 0. The number of aliphatic hydroxyl groups is 2. The molecule has 2 aliphatic heterocycles. The van der Waals surface area contributed by atoms with Crippen LogP contribution in [-0.2, 0) is 14.2 Å². The molecule has 0 aromatic heterocycles. The minimum Gasteiger partial charge on any atom is -0.497 e. The Morgan fingerprint density at radius 3 is 2.65 bits per heavy atom. The average Bonchev–Trinajstić information content (AvgIpc) is 2.83. The van der Waals surface area contributed by atoms with Gasteiger partial charge in [0.25, 0.3) is 0 Å². The zero-order valence-electron chi connectivity index (χ0n) is 11.1. The van der Waals surface area contributed by atoms with Crippen LogP contribution in [-0.4, -0.2) is 55.0 Å². The number of aliphatic hydroxyl groups excluding tert-OH is 2. The molecule has 2 N–H and O–H groups in total. The summed E-state index contributed by atoms with van der Waals surface area (Å²) in [5.41, 5.74) is 0.851. The van der Waals surface area contributed by atoms with Crippen molar-refractivity contribution in [3.05, 3.63) is 29.8 Å². The topological polar surface area (TPSA) is 77.4 Å². The van der Waals surface area contributed by atoms with Crippen LogP contribution < -0.4 is 4.74 Å². The first-order chi connectivity index (χ1) is 9.72. The summed E-state index contributed by atoms with van der Waals surface area (Å²) in [7, 11) is 1.61. The van der Waals surface area contributed by atoms with Crippen LogP contribution in [0.1, 0.15) is 11.9 Å². The highest BCUT2D eigenvalue weighted by molar-refractivity contribution is 5.28. The van der Waals surface area contributed by atoms with E-state index in [1.807, 2.05) is 24.3 Å². The highest BCUT2D eigenvalue weighted by atomic mass is 16.7. The third kappa shape index (κ3) is 2.41. The van der Waals surface area contributed by atoms with Gasteiger partial charge >= 0.3 is 0 Å². The maximum atomic E-state index is 10.0. The van der Waals surface area contributed by atoms with Crippen molar-refractivity contribution in [2.24, 2.45) is 0 Å². The van der Waals surface area contributed by atoms with Gasteiger partial charge in [-0.3, -0.25) is 0 Å². The SMILES string of the molecule is COc1ccc(C2OC[C@@H]3O[C@H](CO)[C@@H](O)[C@@H]3O2)cc1. The van der Waals surface area contributed by atoms with Gasteiger partial charge in [-0.1, -0.05) is 12.1 Å². The molecule has 2 saturated heterocycles. The molecular formula is C14H18O6. The molecule has 1 aromatic rings. The molecule has 2 aliphatic rings. The lowest BCUT2D eigenvalue weighted by molar-refractivity contribution is -0.252. The van der Waals surface area contributed by atoms with E-state index in [0.29, 0.717) is 6.61 Å². The second kappa shape index (κ2) is 5.67. The predicted molar refractivity (Wildman–Crippen MR) is 68.3 cm³/mol. The lowest BCUT2D eigenvalue weighted by Crippen LogP contribution is -2.43. The highest BCUT2D eigenvalue weighted by Crippen LogP contribution is 2.35. The van der Waals surface area contributed by atoms with E-state index in [1.54, 1.807) is 7.11 Å². The van der Waals surface area contributed by atoms with Gasteiger partial charge < -0.3 is 29.2 Å². The van der Waals surface area contributed by atoms with Gasteiger partial charge in [-0.2, -0.15) is 0 Å². The zero-order valence-corrected chi connectivity index (χ0v) is 11.1. The lowest BCUT2D eigenvalue weighted by Gasteiger charge is -2.32. The summed E-state index contributed by atoms with van der Waals surface area (Å²) in [5, 5.41) is 19.2. The normalized spacial score (nSPS) is 36.6. The second-order valence-corrected chi connectivity index (χ2v) is 4.93. The Labute approximate surface area is 116 Å². The van der Waals surface area contributed by atoms with E-state index in [9.17, 15) is 5.11 Å². The minimum atomic E-state index is -0.838. The molecule has 2 fully saturated rings. The van der Waals surface area contributed by atoms with Crippen LogP contribution >= 0.6 is 0 Å². The van der Waals surface area contributed by atoms with Gasteiger partial charge in [0.1, 0.15) is 30.2 Å². The third-order valence-electron chi connectivity index (χ3n) is 3.69. The van der Waals surface area contributed by atoms with Crippen LogP contribution in [0.5, 0.6) is 5.75 Å². The van der Waals surface area contributed by atoms with Crippen molar-refractivity contribution in [2.75, 3.05) is 20.3 Å². The average molecular weight is 282 g/mol. The van der Waals surface area contributed by atoms with Gasteiger partial charge in [0.2, 0.25) is 0 Å². The number of rotatable bonds is 3. The first kappa shape index (κ1) is 13.8. The second-order valence-electron chi connectivity index (χ2n) is 4.93. The molecule has 0 amide bonds. The summed E-state index contributed by atoms with van der Waals surface area (Å²) in [6, 6.07) is 7.36. The summed E-state index contributed by atoms with van der Waals surface area (Å²) in [5.74, 6) is 0.756. The molecule has 0 bridgehead atoms. The van der Waals surface area contributed by atoms with Gasteiger partial charge in [0.15, 0.2) is 6.29 Å². The van der Waals surface area contributed by atoms with Crippen LogP contribution in [0, 0.1) is 0 Å². The highest BCUT2D eigenvalue weighted by Gasteiger charge is 2.48. The lowest BCUT2D eigenvalue weighted by atomic mass is 10.1. The molecule has 1 unspecified atom stereocenters. The molecule has 5 atom stereocenters. The van der Waals surface area contributed by atoms with Crippen LogP contribution in [0.2, 0.25) is 0 Å². The van der Waals surface area contributed by atoms with Crippen molar-refractivity contribution in [3.63, 3.8) is 0 Å². The van der Waals surface area contributed by atoms with Crippen LogP contribution in [0.25, 0.3) is 0 Å². The van der Waals surface area contributed by atoms with Crippen LogP contribution in [0.3, 0.4) is 0 Å². The third-order valence-corrected chi connectivity index (χ3v) is 3.69. The van der Waals surface area contributed by atoms with E-state index < -0.39 is 24.6 Å². The molecule has 1 aromatic carbocycles. The van der Waals surface area contributed by atoms with Crippen molar-refractivity contribution < 1.29 is 29.2 Å². The van der Waals surface area contributed by atoms with E-state index in [-0.39, 0.29) is 12.7 Å². The Hall–Kier alpha value is -1.18. The Balaban J connectivity index is 1.71. The molecule has 3 rings (SSSR count). The molecule has 20 heavy (non-hydrogen) atoms. The van der Waals surface area contributed by atoms with Crippen LogP contribution in [0.15, 0.2) is 24.3 Å². The van der Waals surface area contributed by atoms with Crippen molar-refractivity contribution in [1.29, 1.82) is 0 Å². The quantitative estimate of drug-likeness (QED) is 0.826. The Morgan fingerprint density at radius 1 is 1.25 bits per heavy atom. The van der Waals surface area contributed by atoms with Crippen molar-refractivity contribution in [3.8, 4) is 5.75 Å². The maximum absolute atomic E-state index is 10.0. The number of hydrogen-bond acceptors (Lipinski definition) is 6. The fourth-order valence-electron chi connectivity index (χ4n) is 2.57. The molecule has 0 saturated carbocycles. The Kier molecular flexibility index (Phi) is 3.91. The molecule has 0 aliphatic carbocycles. The van der Waals surface area contributed by atoms with Gasteiger partial charge in [-0.15, -0.1) is 0 Å². The molecular weight excluding hydrogens is 264 g/mol. The van der Waals surface area contributed by atoms with E-state index >= 15 is 0 Å². The number of methoxy groups -OCH3 is 1. The minimum absolute atomic E-state index is 0.231. The summed E-state index contributed by atoms with van der Waals surface area (Å²) < 4.78 is 22.0. The van der Waals surface area contributed by atoms with Crippen molar-refractivity contribution in [1.82, 2.24) is 0 Å². The zero-order chi connectivity index (χ0) is 14.1. The van der Waals surface area contributed by atoms with Crippen molar-refractivity contribution in [2.45, 2.75) is 30.7 Å². The molecule has 110 valence electrons. The summed E-state index contributed by atoms with van der Waals surface area (Å²) in [4.78, 5) is 0. The largest absolute Gasteiger partial charge is 0.497 e. The molecule has 0 spiro atoms. The van der Waals surface area contributed by atoms with E-state index in [1.165, 1.54) is 0 Å². The monoisotopic (exact) mass is 282 g/mol. The number of benzene rings is 1. The molecule has 6 nitrogen and oxygen atoms in total. The first-order valence-corrected chi connectivity index (χ1v) is 6.58. The number of fused-ring (bicyclic) bond motifs is 1. The van der Waals surface area contributed by atoms with E-state index in [4.69, 9.17) is 24.1 Å². The number of ether oxygens (including phenoxy) is 4. The fourth-order valence-corrected chi connectivity index (χ4v) is 2.57. The van der Waals surface area contributed by atoms with E-state index in [2.05, 4.69) is 0 Å². The maximum Gasteiger partial charge on any atom is 0.184 e. The predicted octanol–water partition coefficient (Wildman–Crippen LogP) is 0.230. The Morgan fingerprint density at radius 2 is 2.00 bits per heavy atom. The van der Waals surface area contributed by atoms with Crippen molar-refractivity contribution >= 4 is 0 Å². The molecule has 2 heterocycles. The standard InChI is InChI=1S/C14H18O6/c1-17-9-4-2-8(3-5-9)14-18-7-11-13(20-14)12(16)10(6-15)19-11/h2-5,10-16H,6-7H2,1H3/t10-,11+,12-,13-,14?/m1/s1. The number of hydrogen-bond donors (Lipinski definition) is 2. The Bertz CT molecular complexity index is 445. The van der Waals surface area contributed by atoms with Crippen LogP contribution in [0.4, 0.5) is 0 Å². The van der Waals surface area contributed by atoms with Gasteiger partial charge in [-0.05, 0) is 12.1 Å². The first-order valence-electron chi connectivity index (χ1n) is 6.58. The molecule has 0 radical (unpaired) electrons. The van der Waals surface area contributed by atoms with E-state index in [0.717, 1.165) is 11.3 Å². The molecule has 6 heteroatoms. The van der Waals surface area contributed by atoms with Gasteiger partial charge in [0.05, 0.1) is 20.3 Å². The fraction of sp³-hybridized carbons (Fsp3) is 0.571. The van der Waals surface area contributed by atoms with Gasteiger partial charge in [0, 0.05) is 5.56 Å². The summed E-state index contributed by atoms with van der Waals surface area (Å²) in [6.45, 7) is 0.0969. The summed E-state index contributed by atoms with van der Waals surface area (Å²) in [6.07, 6.45) is -2.81.